The topological polar surface area (TPSA) is 86.5 Å². The molecule has 2 N–H and O–H groups in total. The lowest BCUT2D eigenvalue weighted by molar-refractivity contribution is 0.157. The molecule has 0 aromatic carbocycles. The minimum absolute atomic E-state index is 0.0304. The average Bonchev–Trinajstić information content (AvgIpc) is 1.79. The lowest BCUT2D eigenvalue weighted by atomic mass is 10.5. The van der Waals surface area contributed by atoms with Crippen LogP contribution in [0.3, 0.4) is 0 Å². The zero-order valence-corrected chi connectivity index (χ0v) is 6.17. The van der Waals surface area contributed by atoms with Crippen LogP contribution in [0.2, 0.25) is 0 Å². The molecule has 1 amide bonds. The first-order valence-electron chi connectivity index (χ1n) is 2.67. The average molecular weight is 167 g/mol. The molecule has 0 aromatic heterocycles. The normalized spacial score (nSPS) is 9.70. The van der Waals surface area contributed by atoms with E-state index in [-0.39, 0.29) is 12.4 Å². The fourth-order valence-corrected chi connectivity index (χ4v) is 0.754. The van der Waals surface area contributed by atoms with Gasteiger partial charge in [-0.05, 0) is 6.42 Å². The number of ether oxygens (including phenoxy) is 1. The molecule has 0 unspecified atom stereocenters. The van der Waals surface area contributed by atoms with Crippen LogP contribution in [0.1, 0.15) is 6.42 Å². The number of nitrogens with two attached hydrogens (primary N) is 1. The van der Waals surface area contributed by atoms with Crippen LogP contribution in [0, 0.1) is 0 Å². The molecule has 0 spiro atoms. The minimum Gasteiger partial charge on any atom is -0.450 e. The molecule has 0 aliphatic carbocycles. The van der Waals surface area contributed by atoms with Crippen molar-refractivity contribution in [3.8, 4) is 0 Å². The maximum absolute atomic E-state index is 9.91. The zero-order chi connectivity index (χ0) is 7.98. The summed E-state index contributed by atoms with van der Waals surface area (Å²) < 4.78 is 24.1. The predicted molar refractivity (Wildman–Crippen MR) is 35.3 cm³/mol. The molecule has 60 valence electrons. The van der Waals surface area contributed by atoms with Gasteiger partial charge in [0.1, 0.15) is 10.7 Å². The first-order valence-corrected chi connectivity index (χ1v) is 4.03. The van der Waals surface area contributed by atoms with E-state index in [1.807, 2.05) is 0 Å². The van der Waals surface area contributed by atoms with Gasteiger partial charge < -0.3 is 10.5 Å². The number of amides is 1. The Morgan fingerprint density at radius 2 is 2.10 bits per heavy atom. The molecule has 0 saturated carbocycles. The van der Waals surface area contributed by atoms with Crippen LogP contribution >= 0.6 is 0 Å². The third-order valence-electron chi connectivity index (χ3n) is 0.729. The Labute approximate surface area is 60.1 Å². The summed E-state index contributed by atoms with van der Waals surface area (Å²) in [6.45, 7) is 0.0681. The van der Waals surface area contributed by atoms with Crippen molar-refractivity contribution in [1.82, 2.24) is 0 Å². The van der Waals surface area contributed by atoms with Gasteiger partial charge in [-0.15, -0.1) is 0 Å². The van der Waals surface area contributed by atoms with Crippen LogP contribution < -0.4 is 5.73 Å². The van der Waals surface area contributed by atoms with Gasteiger partial charge in [0.2, 0.25) is 0 Å². The van der Waals surface area contributed by atoms with Gasteiger partial charge in [0, 0.05) is 0 Å². The molecule has 0 fully saturated rings. The third kappa shape index (κ3) is 7.22. The van der Waals surface area contributed by atoms with E-state index in [1.54, 1.807) is 0 Å². The van der Waals surface area contributed by atoms with E-state index >= 15 is 0 Å². The van der Waals surface area contributed by atoms with E-state index in [0.717, 1.165) is 0 Å². The Balaban J connectivity index is 3.13. The number of rotatable bonds is 4. The molecule has 6 heteroatoms. The summed E-state index contributed by atoms with van der Waals surface area (Å²) in [6.07, 6.45) is -0.567. The Morgan fingerprint density at radius 1 is 1.50 bits per heavy atom. The van der Waals surface area contributed by atoms with Gasteiger partial charge >= 0.3 is 6.09 Å². The lowest BCUT2D eigenvalue weighted by Crippen LogP contribution is -2.14. The second-order valence-corrected chi connectivity index (χ2v) is 2.69. The fourth-order valence-electron chi connectivity index (χ4n) is 0.366. The molecule has 0 heterocycles. The number of thiol groups is 1. The van der Waals surface area contributed by atoms with Gasteiger partial charge in [-0.25, -0.2) is 13.2 Å². The molecule has 0 bridgehead atoms. The number of carbonyl (C=O) groups is 1. The van der Waals surface area contributed by atoms with Gasteiger partial charge in [-0.2, -0.15) is 0 Å². The standard InChI is InChI=1S/C4H9NO4S/c5-4(6)9-2-1-3-10(7)8/h10H,1-3H2,(H2,5,6). The van der Waals surface area contributed by atoms with Crippen molar-refractivity contribution in [2.75, 3.05) is 12.4 Å². The highest BCUT2D eigenvalue weighted by molar-refractivity contribution is 7.72. The SMILES string of the molecule is NC(=O)OCCC[SH](=O)=O. The summed E-state index contributed by atoms with van der Waals surface area (Å²) >= 11 is 0. The van der Waals surface area contributed by atoms with Gasteiger partial charge in [-0.3, -0.25) is 0 Å². The number of carbonyl (C=O) groups excluding carboxylic acids is 1. The molecule has 0 rings (SSSR count). The predicted octanol–water partition coefficient (Wildman–Crippen LogP) is -0.917. The van der Waals surface area contributed by atoms with E-state index in [9.17, 15) is 13.2 Å². The summed E-state index contributed by atoms with van der Waals surface area (Å²) in [5.41, 5.74) is 4.60. The monoisotopic (exact) mass is 167 g/mol. The summed E-state index contributed by atoms with van der Waals surface area (Å²) in [5.74, 6) is 0.0304. The van der Waals surface area contributed by atoms with Crippen LogP contribution in [-0.4, -0.2) is 26.9 Å². The Bertz CT molecular complexity index is 168. The van der Waals surface area contributed by atoms with E-state index in [4.69, 9.17) is 0 Å². The third-order valence-corrected chi connectivity index (χ3v) is 1.41. The lowest BCUT2D eigenvalue weighted by Gasteiger charge is -1.95. The number of hydrogen-bond donors (Lipinski definition) is 2. The number of hydrogen-bond acceptors (Lipinski definition) is 4. The first kappa shape index (κ1) is 9.22. The second-order valence-electron chi connectivity index (χ2n) is 1.58. The highest BCUT2D eigenvalue weighted by Crippen LogP contribution is 1.81. The Morgan fingerprint density at radius 3 is 2.50 bits per heavy atom. The van der Waals surface area contributed by atoms with E-state index in [2.05, 4.69) is 10.5 Å². The highest BCUT2D eigenvalue weighted by Gasteiger charge is 1.93. The molecule has 0 aliphatic heterocycles. The van der Waals surface area contributed by atoms with Crippen molar-refractivity contribution in [3.05, 3.63) is 0 Å². The fraction of sp³-hybridized carbons (Fsp3) is 0.750. The Hall–Kier alpha value is -0.780. The van der Waals surface area contributed by atoms with Gasteiger partial charge in [0.25, 0.3) is 0 Å². The van der Waals surface area contributed by atoms with Crippen molar-refractivity contribution in [2.24, 2.45) is 5.73 Å². The van der Waals surface area contributed by atoms with Gasteiger partial charge in [0.05, 0.1) is 12.4 Å². The number of primary amides is 1. The van der Waals surface area contributed by atoms with Crippen molar-refractivity contribution >= 4 is 16.8 Å². The maximum atomic E-state index is 9.91. The molecule has 0 aliphatic rings. The van der Waals surface area contributed by atoms with Crippen LogP contribution in [0.15, 0.2) is 0 Å². The summed E-state index contributed by atoms with van der Waals surface area (Å²) in [4.78, 5) is 9.89. The van der Waals surface area contributed by atoms with Crippen LogP contribution in [-0.2, 0) is 15.4 Å². The van der Waals surface area contributed by atoms with Crippen LogP contribution in [0.5, 0.6) is 0 Å². The van der Waals surface area contributed by atoms with Crippen LogP contribution in [0.25, 0.3) is 0 Å². The maximum Gasteiger partial charge on any atom is 0.404 e. The quantitative estimate of drug-likeness (QED) is 0.419. The second kappa shape index (κ2) is 5.04. The smallest absolute Gasteiger partial charge is 0.404 e. The highest BCUT2D eigenvalue weighted by atomic mass is 32.2. The van der Waals surface area contributed by atoms with Crippen molar-refractivity contribution < 1.29 is 17.9 Å². The van der Waals surface area contributed by atoms with E-state index < -0.39 is 16.8 Å². The molecule has 0 saturated heterocycles. The summed E-state index contributed by atoms with van der Waals surface area (Å²) in [7, 11) is -2.36. The van der Waals surface area contributed by atoms with E-state index in [1.165, 1.54) is 0 Å². The molecular weight excluding hydrogens is 158 g/mol. The minimum atomic E-state index is -2.36. The summed E-state index contributed by atoms with van der Waals surface area (Å²) in [5, 5.41) is 0. The molecule has 0 radical (unpaired) electrons. The largest absolute Gasteiger partial charge is 0.450 e. The van der Waals surface area contributed by atoms with Crippen molar-refractivity contribution in [1.29, 1.82) is 0 Å². The van der Waals surface area contributed by atoms with Crippen molar-refractivity contribution in [3.63, 3.8) is 0 Å². The molecule has 0 aromatic rings. The zero-order valence-electron chi connectivity index (χ0n) is 5.28. The molecule has 0 atom stereocenters. The Kier molecular flexibility index (Phi) is 4.65. The first-order chi connectivity index (χ1) is 4.63. The van der Waals surface area contributed by atoms with Gasteiger partial charge in [-0.1, -0.05) is 0 Å². The molecule has 5 nitrogen and oxygen atoms in total. The van der Waals surface area contributed by atoms with E-state index in [0.29, 0.717) is 6.42 Å². The van der Waals surface area contributed by atoms with Gasteiger partial charge in [0.15, 0.2) is 0 Å². The molecule has 10 heavy (non-hydrogen) atoms. The summed E-state index contributed by atoms with van der Waals surface area (Å²) in [6, 6.07) is 0. The van der Waals surface area contributed by atoms with Crippen LogP contribution in [0.4, 0.5) is 4.79 Å². The molecular formula is C4H9NO4S. The van der Waals surface area contributed by atoms with Crippen molar-refractivity contribution in [2.45, 2.75) is 6.42 Å².